The van der Waals surface area contributed by atoms with E-state index in [0.29, 0.717) is 15.2 Å². The van der Waals surface area contributed by atoms with Crippen LogP contribution in [0.2, 0.25) is 10.0 Å². The second-order valence-electron chi connectivity index (χ2n) is 4.58. The Morgan fingerprint density at radius 3 is 1.95 bits per heavy atom. The predicted molar refractivity (Wildman–Crippen MR) is 89.4 cm³/mol. The number of halogens is 2. The summed E-state index contributed by atoms with van der Waals surface area (Å²) in [4.78, 5) is 0. The Bertz CT molecular complexity index is 417. The minimum absolute atomic E-state index is 0.0481. The maximum atomic E-state index is 5.96. The highest BCUT2D eigenvalue weighted by atomic mass is 35.5. The van der Waals surface area contributed by atoms with Crippen molar-refractivity contribution in [2.75, 3.05) is 5.32 Å². The van der Waals surface area contributed by atoms with Crippen LogP contribution in [0.1, 0.15) is 40.0 Å². The second kappa shape index (κ2) is 7.32. The Hall–Kier alpha value is -0.510. The summed E-state index contributed by atoms with van der Waals surface area (Å²) in [6, 6.07) is 5.29. The molecule has 2 N–H and O–H groups in total. The summed E-state index contributed by atoms with van der Waals surface area (Å²) < 4.78 is 0. The molecule has 0 fully saturated rings. The van der Waals surface area contributed by atoms with E-state index < -0.39 is 0 Å². The second-order valence-corrected chi connectivity index (χ2v) is 5.86. The van der Waals surface area contributed by atoms with Crippen LogP contribution in [0.4, 0.5) is 5.69 Å². The lowest BCUT2D eigenvalue weighted by atomic mass is 9.90. The van der Waals surface area contributed by atoms with Gasteiger partial charge in [-0.1, -0.05) is 44.0 Å². The first kappa shape index (κ1) is 16.5. The van der Waals surface area contributed by atoms with E-state index >= 15 is 0 Å². The third-order valence-corrected chi connectivity index (χ3v) is 4.17. The highest BCUT2D eigenvalue weighted by Gasteiger charge is 2.24. The molecule has 1 aromatic rings. The highest BCUT2D eigenvalue weighted by Crippen LogP contribution is 2.23. The summed E-state index contributed by atoms with van der Waals surface area (Å²) in [5, 5.41) is 8.31. The van der Waals surface area contributed by atoms with E-state index in [1.807, 2.05) is 0 Å². The average molecular weight is 319 g/mol. The van der Waals surface area contributed by atoms with E-state index in [-0.39, 0.29) is 5.54 Å². The van der Waals surface area contributed by atoms with E-state index in [1.165, 1.54) is 0 Å². The minimum Gasteiger partial charge on any atom is -0.357 e. The number of benzene rings is 1. The molecule has 2 nitrogen and oxygen atoms in total. The third-order valence-electron chi connectivity index (χ3n) is 3.53. The van der Waals surface area contributed by atoms with Crippen molar-refractivity contribution in [3.8, 4) is 0 Å². The maximum absolute atomic E-state index is 5.96. The molecular formula is C14H20Cl2N2S. The van der Waals surface area contributed by atoms with Crippen LogP contribution in [0.3, 0.4) is 0 Å². The number of rotatable bonds is 5. The van der Waals surface area contributed by atoms with Gasteiger partial charge in [0.2, 0.25) is 0 Å². The number of thiocarbonyl (C=S) groups is 1. The highest BCUT2D eigenvalue weighted by molar-refractivity contribution is 7.80. The summed E-state index contributed by atoms with van der Waals surface area (Å²) in [5.74, 6) is 0. The molecule has 0 aliphatic heterocycles. The molecule has 0 aliphatic carbocycles. The van der Waals surface area contributed by atoms with Crippen LogP contribution in [0.5, 0.6) is 0 Å². The average Bonchev–Trinajstić information content (AvgIpc) is 2.35. The fourth-order valence-electron chi connectivity index (χ4n) is 2.04. The van der Waals surface area contributed by atoms with Crippen molar-refractivity contribution in [2.24, 2.45) is 0 Å². The topological polar surface area (TPSA) is 24.1 Å². The zero-order chi connectivity index (χ0) is 14.5. The molecule has 0 amide bonds. The normalized spacial score (nSPS) is 11.2. The van der Waals surface area contributed by atoms with Crippen molar-refractivity contribution in [2.45, 2.75) is 45.6 Å². The van der Waals surface area contributed by atoms with Crippen molar-refractivity contribution in [3.05, 3.63) is 28.2 Å². The lowest BCUT2D eigenvalue weighted by molar-refractivity contribution is 0.341. The monoisotopic (exact) mass is 318 g/mol. The number of hydrogen-bond donors (Lipinski definition) is 2. The van der Waals surface area contributed by atoms with Crippen molar-refractivity contribution < 1.29 is 0 Å². The molecule has 1 aromatic carbocycles. The third kappa shape index (κ3) is 4.83. The molecule has 0 radical (unpaired) electrons. The maximum Gasteiger partial charge on any atom is 0.171 e. The molecule has 0 bridgehead atoms. The fraction of sp³-hybridized carbons (Fsp3) is 0.500. The molecule has 0 saturated heterocycles. The molecule has 0 atom stereocenters. The molecule has 0 spiro atoms. The molecule has 0 aliphatic rings. The van der Waals surface area contributed by atoms with Crippen LogP contribution in [0.25, 0.3) is 0 Å². The molecule has 5 heteroatoms. The molecule has 106 valence electrons. The summed E-state index contributed by atoms with van der Waals surface area (Å²) in [6.07, 6.45) is 3.08. The Balaban J connectivity index is 2.74. The van der Waals surface area contributed by atoms with Gasteiger partial charge in [0.15, 0.2) is 5.11 Å². The summed E-state index contributed by atoms with van der Waals surface area (Å²) >= 11 is 17.3. The summed E-state index contributed by atoms with van der Waals surface area (Å²) in [7, 11) is 0. The van der Waals surface area contributed by atoms with Crippen LogP contribution >= 0.6 is 35.4 Å². The largest absolute Gasteiger partial charge is 0.357 e. The van der Waals surface area contributed by atoms with Gasteiger partial charge in [0.1, 0.15) is 0 Å². The number of nitrogens with one attached hydrogen (secondary N) is 2. The van der Waals surface area contributed by atoms with Crippen LogP contribution in [-0.2, 0) is 0 Å². The van der Waals surface area contributed by atoms with E-state index in [4.69, 9.17) is 35.4 Å². The SMILES string of the molecule is CCC(CC)(CC)NC(=S)Nc1cc(Cl)cc(Cl)c1. The zero-order valence-electron chi connectivity index (χ0n) is 11.5. The van der Waals surface area contributed by atoms with Gasteiger partial charge in [0.25, 0.3) is 0 Å². The minimum atomic E-state index is 0.0481. The Morgan fingerprint density at radius 1 is 1.05 bits per heavy atom. The number of hydrogen-bond acceptors (Lipinski definition) is 1. The van der Waals surface area contributed by atoms with E-state index in [1.54, 1.807) is 18.2 Å². The van der Waals surface area contributed by atoms with Gasteiger partial charge in [-0.3, -0.25) is 0 Å². The first-order valence-electron chi connectivity index (χ1n) is 6.50. The van der Waals surface area contributed by atoms with Gasteiger partial charge >= 0.3 is 0 Å². The van der Waals surface area contributed by atoms with Crippen molar-refractivity contribution in [1.82, 2.24) is 5.32 Å². The summed E-state index contributed by atoms with van der Waals surface area (Å²) in [5.41, 5.74) is 0.846. The van der Waals surface area contributed by atoms with Gasteiger partial charge in [-0.2, -0.15) is 0 Å². The number of anilines is 1. The van der Waals surface area contributed by atoms with Gasteiger partial charge < -0.3 is 10.6 Å². The first-order chi connectivity index (χ1) is 8.94. The molecular weight excluding hydrogens is 299 g/mol. The smallest absolute Gasteiger partial charge is 0.171 e. The fourth-order valence-corrected chi connectivity index (χ4v) is 2.90. The lowest BCUT2D eigenvalue weighted by Crippen LogP contribution is -2.48. The van der Waals surface area contributed by atoms with E-state index in [2.05, 4.69) is 31.4 Å². The van der Waals surface area contributed by atoms with Gasteiger partial charge in [0, 0.05) is 21.3 Å². The van der Waals surface area contributed by atoms with Crippen molar-refractivity contribution in [1.29, 1.82) is 0 Å². The summed E-state index contributed by atoms with van der Waals surface area (Å²) in [6.45, 7) is 6.50. The molecule has 0 aromatic heterocycles. The zero-order valence-corrected chi connectivity index (χ0v) is 13.8. The molecule has 19 heavy (non-hydrogen) atoms. The predicted octanol–water partition coefficient (Wildman–Crippen LogP) is 5.25. The molecule has 1 rings (SSSR count). The Morgan fingerprint density at radius 2 is 1.53 bits per heavy atom. The van der Waals surface area contributed by atoms with Crippen LogP contribution in [0.15, 0.2) is 18.2 Å². The Kier molecular flexibility index (Phi) is 6.37. The van der Waals surface area contributed by atoms with Gasteiger partial charge in [0.05, 0.1) is 0 Å². The standard InChI is InChI=1S/C14H20Cl2N2S/c1-4-14(5-2,6-3)18-13(19)17-12-8-10(15)7-11(16)9-12/h7-9H,4-6H2,1-3H3,(H2,17,18,19). The quantitative estimate of drug-likeness (QED) is 0.725. The molecule has 0 unspecified atom stereocenters. The Labute approximate surface area is 130 Å². The van der Waals surface area contributed by atoms with Gasteiger partial charge in [-0.25, -0.2) is 0 Å². The van der Waals surface area contributed by atoms with E-state index in [0.717, 1.165) is 24.9 Å². The van der Waals surface area contributed by atoms with Crippen LogP contribution in [-0.4, -0.2) is 10.7 Å². The first-order valence-corrected chi connectivity index (χ1v) is 7.66. The van der Waals surface area contributed by atoms with Crippen LogP contribution in [0, 0.1) is 0 Å². The van der Waals surface area contributed by atoms with Crippen molar-refractivity contribution in [3.63, 3.8) is 0 Å². The van der Waals surface area contributed by atoms with E-state index in [9.17, 15) is 0 Å². The molecule has 0 saturated carbocycles. The lowest BCUT2D eigenvalue weighted by Gasteiger charge is -2.33. The van der Waals surface area contributed by atoms with Crippen molar-refractivity contribution >= 4 is 46.2 Å². The van der Waals surface area contributed by atoms with Gasteiger partial charge in [-0.15, -0.1) is 0 Å². The molecule has 0 heterocycles. The van der Waals surface area contributed by atoms with Crippen LogP contribution < -0.4 is 10.6 Å². The van der Waals surface area contributed by atoms with Gasteiger partial charge in [-0.05, 0) is 49.7 Å².